The zero-order chi connectivity index (χ0) is 21.2. The first-order chi connectivity index (χ1) is 13.6. The molecule has 3 aromatic rings. The maximum atomic E-state index is 13.5. The fourth-order valence-electron chi connectivity index (χ4n) is 2.59. The van der Waals surface area contributed by atoms with Gasteiger partial charge in [0.15, 0.2) is 0 Å². The molecular formula is C20H12F4N2O3. The minimum Gasteiger partial charge on any atom is -0.478 e. The third-order valence-electron chi connectivity index (χ3n) is 3.87. The number of rotatable bonds is 4. The number of nitrogens with one attached hydrogen (secondary N) is 1. The molecule has 0 saturated heterocycles. The largest absolute Gasteiger partial charge is 0.478 e. The van der Waals surface area contributed by atoms with Crippen LogP contribution in [0.15, 0.2) is 48.5 Å². The minimum atomic E-state index is -5.01. The molecule has 0 atom stereocenters. The number of fused-ring (bicyclic) bond motifs is 1. The van der Waals surface area contributed by atoms with Crippen molar-refractivity contribution in [2.24, 2.45) is 0 Å². The molecule has 2 N–H and O–H groups in total. The van der Waals surface area contributed by atoms with Crippen molar-refractivity contribution in [3.8, 4) is 0 Å². The number of carboxylic acid groups (broad SMARTS) is 1. The molecular weight excluding hydrogens is 392 g/mol. The average molecular weight is 404 g/mol. The van der Waals surface area contributed by atoms with Gasteiger partial charge in [-0.3, -0.25) is 4.79 Å². The lowest BCUT2D eigenvalue weighted by atomic mass is 10.1. The van der Waals surface area contributed by atoms with Gasteiger partial charge in [0.25, 0.3) is 0 Å². The number of benzene rings is 2. The molecule has 2 aromatic carbocycles. The van der Waals surface area contributed by atoms with E-state index >= 15 is 0 Å². The fourth-order valence-corrected chi connectivity index (χ4v) is 2.59. The predicted octanol–water partition coefficient (Wildman–Crippen LogP) is 4.74. The summed E-state index contributed by atoms with van der Waals surface area (Å²) in [4.78, 5) is 26.7. The number of hydrogen-bond acceptors (Lipinski definition) is 3. The molecule has 0 radical (unpaired) electrons. The maximum Gasteiger partial charge on any atom is 0.471 e. The average Bonchev–Trinajstić information content (AvgIpc) is 2.64. The highest BCUT2D eigenvalue weighted by molar-refractivity contribution is 6.03. The van der Waals surface area contributed by atoms with E-state index in [9.17, 15) is 32.3 Å². The summed E-state index contributed by atoms with van der Waals surface area (Å²) >= 11 is 0. The van der Waals surface area contributed by atoms with E-state index in [1.807, 2.05) is 0 Å². The predicted molar refractivity (Wildman–Crippen MR) is 98.7 cm³/mol. The molecule has 0 spiro atoms. The van der Waals surface area contributed by atoms with E-state index in [1.54, 1.807) is 11.4 Å². The Bertz CT molecular complexity index is 1140. The van der Waals surface area contributed by atoms with E-state index in [2.05, 4.69) is 4.98 Å². The van der Waals surface area contributed by atoms with Crippen LogP contribution in [0, 0.1) is 5.82 Å². The van der Waals surface area contributed by atoms with Crippen molar-refractivity contribution in [3.63, 3.8) is 0 Å². The minimum absolute atomic E-state index is 0.0609. The molecule has 29 heavy (non-hydrogen) atoms. The third kappa shape index (κ3) is 4.75. The molecule has 0 aliphatic heterocycles. The van der Waals surface area contributed by atoms with E-state index in [1.165, 1.54) is 42.5 Å². The Kier molecular flexibility index (Phi) is 5.31. The van der Waals surface area contributed by atoms with Gasteiger partial charge in [-0.05, 0) is 42.0 Å². The van der Waals surface area contributed by atoms with E-state index < -0.39 is 23.9 Å². The Labute approximate surface area is 161 Å². The van der Waals surface area contributed by atoms with Crippen molar-refractivity contribution in [2.45, 2.75) is 6.18 Å². The van der Waals surface area contributed by atoms with Crippen LogP contribution in [0.2, 0.25) is 0 Å². The first-order valence-electron chi connectivity index (χ1n) is 8.13. The summed E-state index contributed by atoms with van der Waals surface area (Å²) in [5.41, 5.74) is 0.666. The molecule has 0 bridgehead atoms. The number of pyridine rings is 1. The molecule has 0 aliphatic rings. The number of aromatic nitrogens is 1. The van der Waals surface area contributed by atoms with Gasteiger partial charge < -0.3 is 10.4 Å². The van der Waals surface area contributed by atoms with Crippen molar-refractivity contribution in [2.75, 3.05) is 5.32 Å². The van der Waals surface area contributed by atoms with Crippen LogP contribution in [0.3, 0.4) is 0 Å². The number of aromatic carboxylic acids is 1. The van der Waals surface area contributed by atoms with Crippen LogP contribution < -0.4 is 5.32 Å². The highest BCUT2D eigenvalue weighted by atomic mass is 19.4. The lowest BCUT2D eigenvalue weighted by Crippen LogP contribution is -2.29. The Morgan fingerprint density at radius 2 is 1.79 bits per heavy atom. The van der Waals surface area contributed by atoms with Crippen molar-refractivity contribution < 1.29 is 32.3 Å². The van der Waals surface area contributed by atoms with Crippen molar-refractivity contribution in [1.82, 2.24) is 4.98 Å². The van der Waals surface area contributed by atoms with Crippen LogP contribution >= 0.6 is 0 Å². The zero-order valence-electron chi connectivity index (χ0n) is 14.5. The second-order valence-corrected chi connectivity index (χ2v) is 5.97. The Hall–Kier alpha value is -3.75. The van der Waals surface area contributed by atoms with Gasteiger partial charge in [-0.2, -0.15) is 13.2 Å². The topological polar surface area (TPSA) is 79.3 Å². The number of amides is 1. The summed E-state index contributed by atoms with van der Waals surface area (Å²) in [6.45, 7) is 0. The van der Waals surface area contributed by atoms with Gasteiger partial charge in [0, 0.05) is 17.1 Å². The SMILES string of the molecule is O=C(O)c1cc(C=Cc2cccc(NC(=O)C(F)(F)F)c2)nc2cc(F)ccc12. The van der Waals surface area contributed by atoms with Gasteiger partial charge >= 0.3 is 18.1 Å². The quantitative estimate of drug-likeness (QED) is 0.616. The Morgan fingerprint density at radius 3 is 2.48 bits per heavy atom. The van der Waals surface area contributed by atoms with Crippen LogP contribution in [-0.2, 0) is 4.79 Å². The van der Waals surface area contributed by atoms with Gasteiger partial charge in [-0.25, -0.2) is 14.2 Å². The molecule has 0 aliphatic carbocycles. The van der Waals surface area contributed by atoms with Gasteiger partial charge in [-0.15, -0.1) is 0 Å². The normalized spacial score (nSPS) is 11.7. The Morgan fingerprint density at radius 1 is 1.03 bits per heavy atom. The molecule has 0 fully saturated rings. The molecule has 0 saturated carbocycles. The first kappa shape index (κ1) is 20.0. The number of carbonyl (C=O) groups is 2. The van der Waals surface area contributed by atoms with E-state index in [4.69, 9.17) is 0 Å². The highest BCUT2D eigenvalue weighted by Crippen LogP contribution is 2.22. The van der Waals surface area contributed by atoms with E-state index in [0.29, 0.717) is 5.56 Å². The smallest absolute Gasteiger partial charge is 0.471 e. The van der Waals surface area contributed by atoms with Crippen molar-refractivity contribution in [1.29, 1.82) is 0 Å². The van der Waals surface area contributed by atoms with Crippen molar-refractivity contribution >= 4 is 40.6 Å². The van der Waals surface area contributed by atoms with E-state index in [-0.39, 0.29) is 27.8 Å². The molecule has 1 amide bonds. The second-order valence-electron chi connectivity index (χ2n) is 5.97. The number of hydrogen-bond donors (Lipinski definition) is 2. The Balaban J connectivity index is 1.92. The number of carbonyl (C=O) groups excluding carboxylic acids is 1. The number of carboxylic acids is 1. The van der Waals surface area contributed by atoms with Crippen LogP contribution in [0.5, 0.6) is 0 Å². The lowest BCUT2D eigenvalue weighted by molar-refractivity contribution is -0.167. The molecule has 1 aromatic heterocycles. The van der Waals surface area contributed by atoms with Crippen LogP contribution in [-0.4, -0.2) is 28.1 Å². The van der Waals surface area contributed by atoms with Gasteiger partial charge in [0.2, 0.25) is 0 Å². The maximum absolute atomic E-state index is 13.5. The fraction of sp³-hybridized carbons (Fsp3) is 0.0500. The van der Waals surface area contributed by atoms with Gasteiger partial charge in [0.05, 0.1) is 16.8 Å². The monoisotopic (exact) mass is 404 g/mol. The molecule has 9 heteroatoms. The molecule has 148 valence electrons. The number of anilines is 1. The number of nitrogens with zero attached hydrogens (tertiary/aromatic N) is 1. The summed E-state index contributed by atoms with van der Waals surface area (Å²) in [5, 5.41) is 11.4. The molecule has 0 unspecified atom stereocenters. The molecule has 5 nitrogen and oxygen atoms in total. The summed E-state index contributed by atoms with van der Waals surface area (Å²) in [6.07, 6.45) is -2.10. The number of alkyl halides is 3. The van der Waals surface area contributed by atoms with Gasteiger partial charge in [-0.1, -0.05) is 18.2 Å². The highest BCUT2D eigenvalue weighted by Gasteiger charge is 2.38. The van der Waals surface area contributed by atoms with Crippen LogP contribution in [0.4, 0.5) is 23.2 Å². The zero-order valence-corrected chi connectivity index (χ0v) is 14.5. The lowest BCUT2D eigenvalue weighted by Gasteiger charge is -2.08. The molecule has 3 rings (SSSR count). The summed E-state index contributed by atoms with van der Waals surface area (Å²) < 4.78 is 50.5. The van der Waals surface area contributed by atoms with Crippen LogP contribution in [0.1, 0.15) is 21.6 Å². The van der Waals surface area contributed by atoms with Gasteiger partial charge in [0.1, 0.15) is 5.82 Å². The summed E-state index contributed by atoms with van der Waals surface area (Å²) in [7, 11) is 0. The standard InChI is InChI=1S/C20H12F4N2O3/c21-12-5-7-15-16(18(27)28)10-14(25-17(15)9-12)6-4-11-2-1-3-13(8-11)26-19(29)20(22,23)24/h1-10H,(H,26,29)(H,27,28). The first-order valence-corrected chi connectivity index (χ1v) is 8.13. The third-order valence-corrected chi connectivity index (χ3v) is 3.87. The second kappa shape index (κ2) is 7.70. The number of halogens is 4. The molecule has 1 heterocycles. The summed E-state index contributed by atoms with van der Waals surface area (Å²) in [5.74, 6) is -3.88. The van der Waals surface area contributed by atoms with E-state index in [0.717, 1.165) is 12.1 Å². The van der Waals surface area contributed by atoms with Crippen LogP contribution in [0.25, 0.3) is 23.1 Å². The van der Waals surface area contributed by atoms with Crippen molar-refractivity contribution in [3.05, 3.63) is 71.2 Å². The summed E-state index contributed by atoms with van der Waals surface area (Å²) in [6, 6.07) is 10.5.